The molecule has 0 unspecified atom stereocenters. The fraction of sp³-hybridized carbons (Fsp3) is 0.182. The normalized spacial score (nSPS) is 11.4. The van der Waals surface area contributed by atoms with E-state index in [9.17, 15) is 4.79 Å². The van der Waals surface area contributed by atoms with Gasteiger partial charge in [-0.1, -0.05) is 48.0 Å². The van der Waals surface area contributed by atoms with E-state index in [0.717, 1.165) is 28.1 Å². The van der Waals surface area contributed by atoms with Crippen LogP contribution < -0.4 is 5.56 Å². The fourth-order valence-electron chi connectivity index (χ4n) is 3.33. The Labute approximate surface area is 172 Å². The van der Waals surface area contributed by atoms with E-state index in [-0.39, 0.29) is 5.56 Å². The van der Waals surface area contributed by atoms with Crippen molar-refractivity contribution in [3.8, 4) is 16.4 Å². The summed E-state index contributed by atoms with van der Waals surface area (Å²) in [4.78, 5) is 17.5. The summed E-state index contributed by atoms with van der Waals surface area (Å²) in [5.74, 6) is 0. The molecule has 7 heteroatoms. The number of hydrogen-bond donors (Lipinski definition) is 1. The van der Waals surface area contributed by atoms with Gasteiger partial charge in [-0.05, 0) is 38.8 Å². The monoisotopic (exact) mass is 403 g/mol. The van der Waals surface area contributed by atoms with Crippen molar-refractivity contribution in [1.29, 1.82) is 0 Å². The first-order valence-corrected chi connectivity index (χ1v) is 10.1. The van der Waals surface area contributed by atoms with Crippen molar-refractivity contribution in [2.75, 3.05) is 0 Å². The zero-order chi connectivity index (χ0) is 20.5. The summed E-state index contributed by atoms with van der Waals surface area (Å²) in [6.07, 6.45) is 0. The third-order valence-corrected chi connectivity index (χ3v) is 5.50. The Hall–Kier alpha value is -3.32. The first kappa shape index (κ1) is 19.0. The van der Waals surface area contributed by atoms with Crippen LogP contribution in [0.5, 0.6) is 0 Å². The van der Waals surface area contributed by atoms with Crippen molar-refractivity contribution in [3.63, 3.8) is 0 Å². The van der Waals surface area contributed by atoms with Crippen LogP contribution in [0.1, 0.15) is 22.4 Å². The molecule has 2 heterocycles. The number of benzene rings is 2. The van der Waals surface area contributed by atoms with Gasteiger partial charge in [-0.15, -0.1) is 21.6 Å². The molecule has 0 aliphatic heterocycles. The Morgan fingerprint density at radius 3 is 2.31 bits per heavy atom. The summed E-state index contributed by atoms with van der Waals surface area (Å²) in [6, 6.07) is 14.0. The van der Waals surface area contributed by atoms with Gasteiger partial charge in [0.15, 0.2) is 5.69 Å². The topological polar surface area (TPSA) is 75.4 Å². The lowest BCUT2D eigenvalue weighted by Gasteiger charge is -2.04. The van der Waals surface area contributed by atoms with Crippen LogP contribution in [0.3, 0.4) is 0 Å². The van der Waals surface area contributed by atoms with Crippen molar-refractivity contribution >= 4 is 22.7 Å². The predicted octanol–water partition coefficient (Wildman–Crippen LogP) is 5.94. The number of aryl methyl sites for hydroxylation is 4. The van der Waals surface area contributed by atoms with Crippen LogP contribution in [0.15, 0.2) is 62.9 Å². The quantitative estimate of drug-likeness (QED) is 0.428. The van der Waals surface area contributed by atoms with Crippen LogP contribution >= 0.6 is 11.3 Å². The van der Waals surface area contributed by atoms with Gasteiger partial charge < -0.3 is 0 Å². The molecule has 0 radical (unpaired) electrons. The number of thiazole rings is 1. The molecule has 0 atom stereocenters. The van der Waals surface area contributed by atoms with Crippen LogP contribution in [0.2, 0.25) is 0 Å². The van der Waals surface area contributed by atoms with Crippen LogP contribution in [0, 0.1) is 27.7 Å². The molecule has 0 saturated heterocycles. The zero-order valence-corrected chi connectivity index (χ0v) is 17.5. The molecule has 0 aliphatic rings. The lowest BCUT2D eigenvalue weighted by Crippen LogP contribution is -2.13. The Kier molecular flexibility index (Phi) is 4.98. The molecule has 2 aromatic carbocycles. The minimum atomic E-state index is -0.261. The van der Waals surface area contributed by atoms with Crippen molar-refractivity contribution in [2.24, 2.45) is 10.2 Å². The number of H-pyrrole nitrogens is 1. The number of aromatic nitrogens is 3. The third-order valence-electron chi connectivity index (χ3n) is 4.68. The minimum Gasteiger partial charge on any atom is -0.291 e. The Morgan fingerprint density at radius 1 is 0.966 bits per heavy atom. The van der Waals surface area contributed by atoms with E-state index in [1.165, 1.54) is 21.6 Å². The molecule has 0 fully saturated rings. The van der Waals surface area contributed by atoms with Gasteiger partial charge in [-0.25, -0.2) is 4.98 Å². The molecule has 6 nitrogen and oxygen atoms in total. The smallest absolute Gasteiger partial charge is 0.291 e. The van der Waals surface area contributed by atoms with E-state index in [4.69, 9.17) is 0 Å². The van der Waals surface area contributed by atoms with Crippen LogP contribution in [-0.2, 0) is 0 Å². The van der Waals surface area contributed by atoms with E-state index in [1.54, 1.807) is 0 Å². The maximum Gasteiger partial charge on any atom is 0.301 e. The standard InChI is InChI=1S/C22H21N5OS/c1-13-10-14(2)19(15(3)11-13)24-25-20-16(4)26-27(21(20)28)22-23-18(12-29-22)17-8-6-5-7-9-17/h5-12,26H,1-4H3. The summed E-state index contributed by atoms with van der Waals surface area (Å²) in [5, 5.41) is 14.2. The number of aromatic amines is 1. The molecule has 0 aliphatic carbocycles. The largest absolute Gasteiger partial charge is 0.301 e. The highest BCUT2D eigenvalue weighted by Crippen LogP contribution is 2.28. The molecule has 0 bridgehead atoms. The third kappa shape index (κ3) is 3.69. The molecule has 4 rings (SSSR count). The van der Waals surface area contributed by atoms with Gasteiger partial charge in [0.25, 0.3) is 0 Å². The number of nitrogens with one attached hydrogen (secondary N) is 1. The summed E-state index contributed by atoms with van der Waals surface area (Å²) >= 11 is 1.40. The Morgan fingerprint density at radius 2 is 1.62 bits per heavy atom. The average Bonchev–Trinajstić information content (AvgIpc) is 3.27. The van der Waals surface area contributed by atoms with E-state index in [0.29, 0.717) is 16.5 Å². The molecular weight excluding hydrogens is 382 g/mol. The van der Waals surface area contributed by atoms with Crippen molar-refractivity contribution in [3.05, 3.63) is 80.6 Å². The number of nitrogens with zero attached hydrogens (tertiary/aromatic N) is 4. The second-order valence-electron chi connectivity index (χ2n) is 7.05. The molecule has 4 aromatic rings. The summed E-state index contributed by atoms with van der Waals surface area (Å²) in [5.41, 5.74) is 6.57. The lowest BCUT2D eigenvalue weighted by molar-refractivity contribution is 0.827. The first-order valence-electron chi connectivity index (χ1n) is 9.26. The summed E-state index contributed by atoms with van der Waals surface area (Å²) in [7, 11) is 0. The number of rotatable bonds is 4. The van der Waals surface area contributed by atoms with Gasteiger partial charge in [-0.3, -0.25) is 9.89 Å². The van der Waals surface area contributed by atoms with Gasteiger partial charge in [0.2, 0.25) is 5.13 Å². The Bertz CT molecular complexity index is 1240. The molecule has 146 valence electrons. The highest BCUT2D eigenvalue weighted by Gasteiger charge is 2.15. The lowest BCUT2D eigenvalue weighted by atomic mass is 10.1. The second-order valence-corrected chi connectivity index (χ2v) is 7.89. The average molecular weight is 404 g/mol. The fourth-order valence-corrected chi connectivity index (χ4v) is 4.12. The minimum absolute atomic E-state index is 0.261. The second kappa shape index (κ2) is 7.60. The molecule has 29 heavy (non-hydrogen) atoms. The van der Waals surface area contributed by atoms with Crippen LogP contribution in [0.4, 0.5) is 11.4 Å². The predicted molar refractivity (Wildman–Crippen MR) is 117 cm³/mol. The van der Waals surface area contributed by atoms with E-state index in [2.05, 4.69) is 32.4 Å². The van der Waals surface area contributed by atoms with E-state index < -0.39 is 0 Å². The SMILES string of the molecule is Cc1cc(C)c(N=Nc2c(C)[nH]n(-c3nc(-c4ccccc4)cs3)c2=O)c(C)c1. The van der Waals surface area contributed by atoms with Crippen molar-refractivity contribution < 1.29 is 0 Å². The zero-order valence-electron chi connectivity index (χ0n) is 16.7. The summed E-state index contributed by atoms with van der Waals surface area (Å²) < 4.78 is 1.43. The number of hydrogen-bond acceptors (Lipinski definition) is 5. The maximum absolute atomic E-state index is 12.9. The van der Waals surface area contributed by atoms with Gasteiger partial charge in [-0.2, -0.15) is 4.68 Å². The Balaban J connectivity index is 1.70. The van der Waals surface area contributed by atoms with Gasteiger partial charge in [0, 0.05) is 10.9 Å². The van der Waals surface area contributed by atoms with Gasteiger partial charge in [0.1, 0.15) is 0 Å². The molecule has 0 spiro atoms. The van der Waals surface area contributed by atoms with Gasteiger partial charge in [0.05, 0.1) is 17.1 Å². The number of azo groups is 1. The van der Waals surface area contributed by atoms with Crippen LogP contribution in [0.25, 0.3) is 16.4 Å². The van der Waals surface area contributed by atoms with E-state index >= 15 is 0 Å². The van der Waals surface area contributed by atoms with Crippen molar-refractivity contribution in [2.45, 2.75) is 27.7 Å². The maximum atomic E-state index is 12.9. The molecular formula is C22H21N5OS. The molecule has 0 amide bonds. The van der Waals surface area contributed by atoms with Crippen molar-refractivity contribution in [1.82, 2.24) is 14.8 Å². The molecule has 2 aromatic heterocycles. The van der Waals surface area contributed by atoms with Crippen LogP contribution in [-0.4, -0.2) is 14.8 Å². The highest BCUT2D eigenvalue weighted by molar-refractivity contribution is 7.12. The highest BCUT2D eigenvalue weighted by atomic mass is 32.1. The van der Waals surface area contributed by atoms with E-state index in [1.807, 2.05) is 63.4 Å². The van der Waals surface area contributed by atoms with Gasteiger partial charge >= 0.3 is 5.56 Å². The molecule has 1 N–H and O–H groups in total. The molecule has 0 saturated carbocycles. The first-order chi connectivity index (χ1) is 13.9. The summed E-state index contributed by atoms with van der Waals surface area (Å²) in [6.45, 7) is 7.86.